The van der Waals surface area contributed by atoms with Crippen LogP contribution in [0.25, 0.3) is 11.3 Å². The smallest absolute Gasteiger partial charge is 0.341 e. The van der Waals surface area contributed by atoms with Crippen LogP contribution in [0, 0.1) is 6.92 Å². The predicted octanol–water partition coefficient (Wildman–Crippen LogP) is 3.96. The van der Waals surface area contributed by atoms with Crippen LogP contribution in [0.4, 0.5) is 10.7 Å². The molecule has 2 aromatic heterocycles. The van der Waals surface area contributed by atoms with E-state index in [1.807, 2.05) is 25.1 Å². The molecular weight excluding hydrogens is 442 g/mol. The van der Waals surface area contributed by atoms with Gasteiger partial charge in [0, 0.05) is 37.1 Å². The van der Waals surface area contributed by atoms with Gasteiger partial charge in [0.05, 0.1) is 18.8 Å². The van der Waals surface area contributed by atoms with Gasteiger partial charge in [-0.1, -0.05) is 12.1 Å². The molecule has 3 aromatic rings. The number of rotatable bonds is 7. The number of hydrogen-bond acceptors (Lipinski definition) is 8. The highest BCUT2D eigenvalue weighted by Crippen LogP contribution is 2.37. The Morgan fingerprint density at radius 2 is 1.91 bits per heavy atom. The number of hydrogen-bond donors (Lipinski definition) is 2. The molecule has 4 rings (SSSR count). The monoisotopic (exact) mass is 469 g/mol. The van der Waals surface area contributed by atoms with Gasteiger partial charge in [0.15, 0.2) is 0 Å². The molecule has 1 aliphatic heterocycles. The van der Waals surface area contributed by atoms with Crippen LogP contribution in [0.5, 0.6) is 5.75 Å². The Morgan fingerprint density at radius 3 is 2.58 bits per heavy atom. The molecule has 1 aliphatic rings. The van der Waals surface area contributed by atoms with Gasteiger partial charge in [-0.3, -0.25) is 9.69 Å². The number of nitrogens with one attached hydrogen (secondary N) is 1. The van der Waals surface area contributed by atoms with E-state index in [0.29, 0.717) is 48.1 Å². The summed E-state index contributed by atoms with van der Waals surface area (Å²) in [6, 6.07) is 10.9. The van der Waals surface area contributed by atoms with Gasteiger partial charge >= 0.3 is 5.97 Å². The van der Waals surface area contributed by atoms with Crippen LogP contribution < -0.4 is 10.2 Å². The van der Waals surface area contributed by atoms with Crippen molar-refractivity contribution in [1.82, 2.24) is 4.90 Å². The first-order valence-corrected chi connectivity index (χ1v) is 11.7. The fourth-order valence-electron chi connectivity index (χ4n) is 3.86. The zero-order valence-electron chi connectivity index (χ0n) is 18.7. The summed E-state index contributed by atoms with van der Waals surface area (Å²) in [4.78, 5) is 29.6. The van der Waals surface area contributed by atoms with E-state index in [-0.39, 0.29) is 24.8 Å². The number of amides is 1. The van der Waals surface area contributed by atoms with E-state index in [1.54, 1.807) is 30.5 Å². The maximum atomic E-state index is 12.8. The summed E-state index contributed by atoms with van der Waals surface area (Å²) in [5, 5.41) is 15.2. The van der Waals surface area contributed by atoms with Crippen LogP contribution >= 0.6 is 11.3 Å². The Bertz CT molecular complexity index is 1130. The molecule has 9 heteroatoms. The number of carbonyl (C=O) groups excluding carboxylic acids is 2. The van der Waals surface area contributed by atoms with E-state index in [4.69, 9.17) is 9.15 Å². The third-order valence-corrected chi connectivity index (χ3v) is 6.39. The average Bonchev–Trinajstić information content (AvgIpc) is 3.41. The lowest BCUT2D eigenvalue weighted by atomic mass is 10.1. The first kappa shape index (κ1) is 22.9. The van der Waals surface area contributed by atoms with Crippen LogP contribution in [-0.4, -0.2) is 61.2 Å². The average molecular weight is 470 g/mol. The van der Waals surface area contributed by atoms with Crippen molar-refractivity contribution in [3.8, 4) is 17.1 Å². The van der Waals surface area contributed by atoms with Crippen LogP contribution in [0.3, 0.4) is 0 Å². The number of benzene rings is 1. The lowest BCUT2D eigenvalue weighted by molar-refractivity contribution is -0.117. The topological polar surface area (TPSA) is 95.2 Å². The minimum absolute atomic E-state index is 0.194. The second kappa shape index (κ2) is 10.1. The molecule has 33 heavy (non-hydrogen) atoms. The van der Waals surface area contributed by atoms with E-state index < -0.39 is 5.97 Å². The number of esters is 1. The summed E-state index contributed by atoms with van der Waals surface area (Å²) >= 11 is 1.28. The SMILES string of the molecule is CCOC(=O)c1c(-c2ccc(C)o2)csc1NC(=O)CN1CCN(c2ccccc2O)CC1. The number of phenols is 1. The molecule has 0 radical (unpaired) electrons. The largest absolute Gasteiger partial charge is 0.506 e. The van der Waals surface area contributed by atoms with Gasteiger partial charge in [0.25, 0.3) is 0 Å². The van der Waals surface area contributed by atoms with Crippen molar-refractivity contribution < 1.29 is 23.8 Å². The molecular formula is C24H27N3O5S. The molecule has 0 spiro atoms. The van der Waals surface area contributed by atoms with Crippen molar-refractivity contribution >= 4 is 33.9 Å². The maximum Gasteiger partial charge on any atom is 0.341 e. The standard InChI is InChI=1S/C24H27N3O5S/c1-3-31-24(30)22-17(20-9-8-16(2)32-20)15-33-23(22)25-21(29)14-26-10-12-27(13-11-26)18-6-4-5-7-19(18)28/h4-9,15,28H,3,10-14H2,1-2H3,(H,25,29). The lowest BCUT2D eigenvalue weighted by Gasteiger charge is -2.35. The Morgan fingerprint density at radius 1 is 1.15 bits per heavy atom. The van der Waals surface area contributed by atoms with Crippen LogP contribution in [0.2, 0.25) is 0 Å². The molecule has 1 aromatic carbocycles. The number of piperazine rings is 1. The fraction of sp³-hybridized carbons (Fsp3) is 0.333. The molecule has 0 unspecified atom stereocenters. The summed E-state index contributed by atoms with van der Waals surface area (Å²) in [5.74, 6) is 0.873. The van der Waals surface area contributed by atoms with Gasteiger partial charge in [0.1, 0.15) is 27.8 Å². The summed E-state index contributed by atoms with van der Waals surface area (Å²) in [5.41, 5.74) is 1.73. The van der Waals surface area contributed by atoms with E-state index in [2.05, 4.69) is 15.1 Å². The van der Waals surface area contributed by atoms with E-state index >= 15 is 0 Å². The third kappa shape index (κ3) is 5.20. The number of nitrogens with zero attached hydrogens (tertiary/aromatic N) is 2. The third-order valence-electron chi connectivity index (χ3n) is 5.49. The molecule has 0 saturated carbocycles. The van der Waals surface area contributed by atoms with E-state index in [1.165, 1.54) is 11.3 Å². The van der Waals surface area contributed by atoms with Crippen LogP contribution in [-0.2, 0) is 9.53 Å². The zero-order valence-corrected chi connectivity index (χ0v) is 19.5. The second-order valence-electron chi connectivity index (χ2n) is 7.78. The van der Waals surface area contributed by atoms with Gasteiger partial charge in [-0.05, 0) is 38.1 Å². The number of phenolic OH excluding ortho intramolecular Hbond substituents is 1. The Labute approximate surface area is 196 Å². The van der Waals surface area contributed by atoms with Crippen molar-refractivity contribution in [1.29, 1.82) is 0 Å². The number of carbonyl (C=O) groups is 2. The Hall–Kier alpha value is -3.30. The van der Waals surface area contributed by atoms with Gasteiger partial charge < -0.3 is 24.5 Å². The number of aryl methyl sites for hydroxylation is 1. The number of furan rings is 1. The molecule has 0 aliphatic carbocycles. The lowest BCUT2D eigenvalue weighted by Crippen LogP contribution is -2.48. The van der Waals surface area contributed by atoms with Crippen molar-refractivity contribution in [2.75, 3.05) is 49.5 Å². The van der Waals surface area contributed by atoms with Gasteiger partial charge in [-0.25, -0.2) is 4.79 Å². The maximum absolute atomic E-state index is 12.8. The Balaban J connectivity index is 1.41. The molecule has 0 bridgehead atoms. The molecule has 174 valence electrons. The summed E-state index contributed by atoms with van der Waals surface area (Å²) in [6.45, 7) is 6.82. The number of thiophene rings is 1. The number of ether oxygens (including phenoxy) is 1. The highest BCUT2D eigenvalue weighted by atomic mass is 32.1. The summed E-state index contributed by atoms with van der Waals surface area (Å²) in [6.07, 6.45) is 0. The highest BCUT2D eigenvalue weighted by Gasteiger charge is 2.26. The van der Waals surface area contributed by atoms with Crippen LogP contribution in [0.1, 0.15) is 23.0 Å². The molecule has 0 atom stereocenters. The van der Waals surface area contributed by atoms with E-state index in [0.717, 1.165) is 11.4 Å². The van der Waals surface area contributed by atoms with Crippen LogP contribution in [0.15, 0.2) is 46.2 Å². The molecule has 1 amide bonds. The molecule has 1 saturated heterocycles. The molecule has 8 nitrogen and oxygen atoms in total. The minimum atomic E-state index is -0.491. The Kier molecular flexibility index (Phi) is 7.00. The normalized spacial score (nSPS) is 14.3. The number of aromatic hydroxyl groups is 1. The van der Waals surface area contributed by atoms with Crippen molar-refractivity contribution in [3.63, 3.8) is 0 Å². The summed E-state index contributed by atoms with van der Waals surface area (Å²) in [7, 11) is 0. The quantitative estimate of drug-likeness (QED) is 0.506. The van der Waals surface area contributed by atoms with Crippen molar-refractivity contribution in [2.24, 2.45) is 0 Å². The fourth-order valence-corrected chi connectivity index (χ4v) is 4.82. The highest BCUT2D eigenvalue weighted by molar-refractivity contribution is 7.15. The molecule has 2 N–H and O–H groups in total. The van der Waals surface area contributed by atoms with Gasteiger partial charge in [0.2, 0.25) is 5.91 Å². The molecule has 3 heterocycles. The van der Waals surface area contributed by atoms with Gasteiger partial charge in [-0.2, -0.15) is 0 Å². The predicted molar refractivity (Wildman–Crippen MR) is 128 cm³/mol. The first-order chi connectivity index (χ1) is 16.0. The number of para-hydroxylation sites is 2. The number of anilines is 2. The second-order valence-corrected chi connectivity index (χ2v) is 8.66. The molecule has 1 fully saturated rings. The van der Waals surface area contributed by atoms with E-state index in [9.17, 15) is 14.7 Å². The van der Waals surface area contributed by atoms with Crippen molar-refractivity contribution in [2.45, 2.75) is 13.8 Å². The minimum Gasteiger partial charge on any atom is -0.506 e. The van der Waals surface area contributed by atoms with Gasteiger partial charge in [-0.15, -0.1) is 11.3 Å². The zero-order chi connectivity index (χ0) is 23.4. The summed E-state index contributed by atoms with van der Waals surface area (Å²) < 4.78 is 10.9. The first-order valence-electron chi connectivity index (χ1n) is 10.9. The van der Waals surface area contributed by atoms with Crippen molar-refractivity contribution in [3.05, 3.63) is 53.1 Å².